The number of amides is 1. The van der Waals surface area contributed by atoms with E-state index >= 15 is 0 Å². The van der Waals surface area contributed by atoms with Crippen molar-refractivity contribution in [1.82, 2.24) is 4.98 Å². The Balaban J connectivity index is 1.50. The molecule has 0 saturated carbocycles. The molecule has 1 N–H and O–H groups in total. The molecule has 1 fully saturated rings. The molecular formula is C30H26N2O6S. The second-order valence-corrected chi connectivity index (χ2v) is 10.2. The summed E-state index contributed by atoms with van der Waals surface area (Å²) in [5.74, 6) is -0.0702. The van der Waals surface area contributed by atoms with Gasteiger partial charge in [0.25, 0.3) is 5.78 Å². The van der Waals surface area contributed by atoms with E-state index in [9.17, 15) is 14.7 Å². The van der Waals surface area contributed by atoms with Gasteiger partial charge in [0, 0.05) is 5.56 Å². The van der Waals surface area contributed by atoms with Crippen molar-refractivity contribution in [2.45, 2.75) is 26.3 Å². The third kappa shape index (κ3) is 4.38. The zero-order chi connectivity index (χ0) is 27.1. The number of fused-ring (bicyclic) bond motifs is 2. The van der Waals surface area contributed by atoms with Gasteiger partial charge in [-0.2, -0.15) is 0 Å². The molecule has 8 nitrogen and oxygen atoms in total. The van der Waals surface area contributed by atoms with Gasteiger partial charge in [0.05, 0.1) is 28.4 Å². The summed E-state index contributed by atoms with van der Waals surface area (Å²) in [5.41, 5.74) is 2.85. The molecule has 2 aliphatic heterocycles. The van der Waals surface area contributed by atoms with Crippen LogP contribution in [0.2, 0.25) is 0 Å². The fraction of sp³-hybridized carbons (Fsp3) is 0.233. The normalized spacial score (nSPS) is 18.1. The van der Waals surface area contributed by atoms with Gasteiger partial charge in [0.2, 0.25) is 0 Å². The molecule has 0 unspecified atom stereocenters. The fourth-order valence-electron chi connectivity index (χ4n) is 4.88. The number of ketones is 1. The lowest BCUT2D eigenvalue weighted by molar-refractivity contribution is -0.132. The number of ether oxygens (including phenoxy) is 3. The van der Waals surface area contributed by atoms with E-state index in [0.29, 0.717) is 58.8 Å². The molecule has 39 heavy (non-hydrogen) atoms. The van der Waals surface area contributed by atoms with Crippen LogP contribution in [0.1, 0.15) is 36.6 Å². The molecule has 1 saturated heterocycles. The summed E-state index contributed by atoms with van der Waals surface area (Å²) < 4.78 is 17.7. The third-order valence-electron chi connectivity index (χ3n) is 6.83. The van der Waals surface area contributed by atoms with Crippen molar-refractivity contribution in [2.24, 2.45) is 0 Å². The number of nitrogens with zero attached hydrogens (tertiary/aromatic N) is 2. The van der Waals surface area contributed by atoms with E-state index in [-0.39, 0.29) is 11.3 Å². The Morgan fingerprint density at radius 3 is 2.54 bits per heavy atom. The lowest BCUT2D eigenvalue weighted by Crippen LogP contribution is -2.29. The second-order valence-electron chi connectivity index (χ2n) is 9.18. The number of hydrogen-bond acceptors (Lipinski definition) is 8. The first-order valence-electron chi connectivity index (χ1n) is 12.8. The van der Waals surface area contributed by atoms with Crippen LogP contribution in [0.25, 0.3) is 16.0 Å². The van der Waals surface area contributed by atoms with Crippen molar-refractivity contribution in [3.8, 4) is 17.2 Å². The summed E-state index contributed by atoms with van der Waals surface area (Å²) in [7, 11) is 0. The molecule has 0 spiro atoms. The van der Waals surface area contributed by atoms with Crippen molar-refractivity contribution in [2.75, 3.05) is 24.7 Å². The van der Waals surface area contributed by atoms with Crippen LogP contribution in [0.3, 0.4) is 0 Å². The van der Waals surface area contributed by atoms with Gasteiger partial charge in [-0.15, -0.1) is 0 Å². The van der Waals surface area contributed by atoms with E-state index in [1.54, 1.807) is 18.2 Å². The van der Waals surface area contributed by atoms with E-state index in [1.165, 1.54) is 16.2 Å². The van der Waals surface area contributed by atoms with Gasteiger partial charge >= 0.3 is 5.91 Å². The Morgan fingerprint density at radius 2 is 1.79 bits per heavy atom. The zero-order valence-corrected chi connectivity index (χ0v) is 22.3. The molecule has 0 bridgehead atoms. The van der Waals surface area contributed by atoms with Gasteiger partial charge in [-0.3, -0.25) is 14.5 Å². The number of aryl methyl sites for hydroxylation is 1. The van der Waals surface area contributed by atoms with E-state index in [1.807, 2.05) is 49.4 Å². The molecule has 198 valence electrons. The first-order chi connectivity index (χ1) is 19.0. The molecule has 9 heteroatoms. The Labute approximate surface area is 229 Å². The highest BCUT2D eigenvalue weighted by molar-refractivity contribution is 7.22. The molecule has 0 aliphatic carbocycles. The van der Waals surface area contributed by atoms with Crippen LogP contribution in [0.15, 0.2) is 66.2 Å². The first kappa shape index (κ1) is 24.9. The van der Waals surface area contributed by atoms with Gasteiger partial charge in [-0.1, -0.05) is 42.5 Å². The lowest BCUT2D eigenvalue weighted by atomic mass is 9.94. The standard InChI is InChI=1S/C30H26N2O6S/c1-3-17-5-7-18(8-6-17)26-25(27(33)19-9-12-22-23(15-19)38-14-13-37-22)28(34)29(35)32(26)30-31-21-11-10-20(36-4-2)16-24(21)39-30/h5-12,15-16,26,33H,3-4,13-14H2,1-2H3/t26-/m0/s1. The number of aliphatic hydroxyl groups is 1. The Hall–Kier alpha value is -4.37. The largest absolute Gasteiger partial charge is 0.507 e. The quantitative estimate of drug-likeness (QED) is 0.191. The number of aliphatic hydroxyl groups excluding tert-OH is 1. The summed E-state index contributed by atoms with van der Waals surface area (Å²) in [6, 6.07) is 17.3. The van der Waals surface area contributed by atoms with Crippen molar-refractivity contribution >= 4 is 44.1 Å². The Morgan fingerprint density at radius 1 is 1.03 bits per heavy atom. The highest BCUT2D eigenvalue weighted by atomic mass is 32.1. The maximum Gasteiger partial charge on any atom is 0.301 e. The second kappa shape index (κ2) is 10.1. The van der Waals surface area contributed by atoms with Crippen LogP contribution >= 0.6 is 11.3 Å². The van der Waals surface area contributed by atoms with Crippen LogP contribution in [0.5, 0.6) is 17.2 Å². The van der Waals surface area contributed by atoms with E-state index < -0.39 is 17.7 Å². The summed E-state index contributed by atoms with van der Waals surface area (Å²) in [4.78, 5) is 33.2. The summed E-state index contributed by atoms with van der Waals surface area (Å²) >= 11 is 1.30. The minimum atomic E-state index is -0.865. The van der Waals surface area contributed by atoms with Gasteiger partial charge in [-0.25, -0.2) is 4.98 Å². The number of Topliss-reactive ketones (excluding diaryl/α,β-unsaturated/α-hetero) is 1. The summed E-state index contributed by atoms with van der Waals surface area (Å²) in [6.45, 7) is 5.31. The van der Waals surface area contributed by atoms with Crippen molar-refractivity contribution in [3.05, 3.63) is 82.9 Å². The van der Waals surface area contributed by atoms with Crippen LogP contribution in [-0.4, -0.2) is 41.6 Å². The summed E-state index contributed by atoms with van der Waals surface area (Å²) in [5, 5.41) is 11.9. The zero-order valence-electron chi connectivity index (χ0n) is 21.5. The van der Waals surface area contributed by atoms with Crippen molar-refractivity contribution in [1.29, 1.82) is 0 Å². The SMILES string of the molecule is CCOc1ccc2nc(N3C(=O)C(=O)C(=C(O)c4ccc5c(c4)OCCO5)[C@@H]3c3ccc(CC)cc3)sc2c1. The molecule has 4 aromatic rings. The fourth-order valence-corrected chi connectivity index (χ4v) is 5.90. The smallest absolute Gasteiger partial charge is 0.301 e. The molecule has 0 radical (unpaired) electrons. The molecule has 1 atom stereocenters. The lowest BCUT2D eigenvalue weighted by Gasteiger charge is -2.23. The number of rotatable bonds is 6. The minimum absolute atomic E-state index is 0.00446. The van der Waals surface area contributed by atoms with Crippen LogP contribution in [-0.2, 0) is 16.0 Å². The molecule has 3 aromatic carbocycles. The van der Waals surface area contributed by atoms with E-state index in [4.69, 9.17) is 14.2 Å². The molecule has 2 aliphatic rings. The highest BCUT2D eigenvalue weighted by Crippen LogP contribution is 2.45. The van der Waals surface area contributed by atoms with Gasteiger partial charge < -0.3 is 19.3 Å². The molecule has 6 rings (SSSR count). The number of carbonyl (C=O) groups is 2. The van der Waals surface area contributed by atoms with Crippen LogP contribution < -0.4 is 19.1 Å². The van der Waals surface area contributed by atoms with Gasteiger partial charge in [0.15, 0.2) is 16.6 Å². The molecule has 1 aromatic heterocycles. The van der Waals surface area contributed by atoms with Crippen LogP contribution in [0.4, 0.5) is 5.13 Å². The van der Waals surface area contributed by atoms with Crippen LogP contribution in [0, 0.1) is 0 Å². The number of hydrogen-bond donors (Lipinski definition) is 1. The van der Waals surface area contributed by atoms with E-state index in [2.05, 4.69) is 11.9 Å². The topological polar surface area (TPSA) is 98.2 Å². The van der Waals surface area contributed by atoms with E-state index in [0.717, 1.165) is 16.7 Å². The van der Waals surface area contributed by atoms with Crippen molar-refractivity contribution < 1.29 is 28.9 Å². The average molecular weight is 543 g/mol. The predicted molar refractivity (Wildman–Crippen MR) is 149 cm³/mol. The minimum Gasteiger partial charge on any atom is -0.507 e. The maximum absolute atomic E-state index is 13.6. The average Bonchev–Trinajstić information content (AvgIpc) is 3.50. The number of carbonyl (C=O) groups excluding carboxylic acids is 2. The number of anilines is 1. The molecular weight excluding hydrogens is 516 g/mol. The van der Waals surface area contributed by atoms with Gasteiger partial charge in [-0.05, 0) is 60.9 Å². The Kier molecular flexibility index (Phi) is 6.44. The van der Waals surface area contributed by atoms with Crippen molar-refractivity contribution in [3.63, 3.8) is 0 Å². The number of thiazole rings is 1. The number of benzene rings is 3. The predicted octanol–water partition coefficient (Wildman–Crippen LogP) is 5.65. The third-order valence-corrected chi connectivity index (χ3v) is 7.85. The molecule has 3 heterocycles. The van der Waals surface area contributed by atoms with Gasteiger partial charge in [0.1, 0.15) is 24.7 Å². The number of aromatic nitrogens is 1. The Bertz CT molecular complexity index is 1620. The molecule has 1 amide bonds. The monoisotopic (exact) mass is 542 g/mol. The highest BCUT2D eigenvalue weighted by Gasteiger charge is 2.48. The summed E-state index contributed by atoms with van der Waals surface area (Å²) in [6.07, 6.45) is 0.845. The first-order valence-corrected chi connectivity index (χ1v) is 13.6. The maximum atomic E-state index is 13.6.